The fourth-order valence-electron chi connectivity index (χ4n) is 1.81. The van der Waals surface area contributed by atoms with Gasteiger partial charge in [0.05, 0.1) is 0 Å². The molecule has 0 saturated carbocycles. The number of carbonyl (C=O) groups is 2. The summed E-state index contributed by atoms with van der Waals surface area (Å²) in [5, 5.41) is 5.49. The molecule has 2 amide bonds. The van der Waals surface area contributed by atoms with Crippen LogP contribution in [-0.4, -0.2) is 17.9 Å². The summed E-state index contributed by atoms with van der Waals surface area (Å²) in [6, 6.07) is 7.97. The Labute approximate surface area is 136 Å². The summed E-state index contributed by atoms with van der Waals surface area (Å²) >= 11 is 5.74. The van der Waals surface area contributed by atoms with Crippen LogP contribution in [0.25, 0.3) is 0 Å². The first kappa shape index (κ1) is 16.9. The van der Waals surface area contributed by atoms with Crippen LogP contribution in [0.5, 0.6) is 0 Å². The molecule has 1 unspecified atom stereocenters. The van der Waals surface area contributed by atoms with Crippen molar-refractivity contribution in [3.8, 4) is 0 Å². The lowest BCUT2D eigenvalue weighted by Gasteiger charge is -2.14. The maximum Gasteiger partial charge on any atom is 0.252 e. The first-order valence-corrected chi connectivity index (χ1v) is 7.06. The molecule has 7 heteroatoms. The van der Waals surface area contributed by atoms with E-state index in [4.69, 9.17) is 11.6 Å². The van der Waals surface area contributed by atoms with E-state index in [9.17, 15) is 18.4 Å². The van der Waals surface area contributed by atoms with E-state index < -0.39 is 29.5 Å². The second-order valence-corrected chi connectivity index (χ2v) is 5.29. The molecule has 23 heavy (non-hydrogen) atoms. The van der Waals surface area contributed by atoms with Crippen LogP contribution >= 0.6 is 11.6 Å². The van der Waals surface area contributed by atoms with Crippen molar-refractivity contribution in [3.63, 3.8) is 0 Å². The largest absolute Gasteiger partial charge is 0.341 e. The molecule has 0 aliphatic rings. The topological polar surface area (TPSA) is 58.2 Å². The van der Waals surface area contributed by atoms with Crippen LogP contribution in [0.1, 0.15) is 17.3 Å². The van der Waals surface area contributed by atoms with Crippen LogP contribution < -0.4 is 10.6 Å². The fraction of sp³-hybridized carbons (Fsp3) is 0.125. The molecular weight excluding hydrogens is 326 g/mol. The zero-order chi connectivity index (χ0) is 17.0. The standard InChI is InChI=1S/C16H13ClF2N2O2/c1-9(15(22)21-14-4-2-11(17)3-5-14)20-16(23)10-6-12(18)8-13(19)7-10/h2-9H,1H3,(H,20,23)(H,21,22). The third kappa shape index (κ3) is 4.75. The summed E-state index contributed by atoms with van der Waals surface area (Å²) in [6.45, 7) is 1.46. The van der Waals surface area contributed by atoms with Gasteiger partial charge in [0, 0.05) is 22.3 Å². The lowest BCUT2D eigenvalue weighted by Crippen LogP contribution is -2.41. The van der Waals surface area contributed by atoms with Gasteiger partial charge in [0.25, 0.3) is 5.91 Å². The van der Waals surface area contributed by atoms with Gasteiger partial charge in [-0.25, -0.2) is 8.78 Å². The molecule has 0 aliphatic heterocycles. The summed E-state index contributed by atoms with van der Waals surface area (Å²) in [5.41, 5.74) is 0.311. The van der Waals surface area contributed by atoms with Crippen molar-refractivity contribution in [3.05, 3.63) is 64.7 Å². The molecule has 0 heterocycles. The predicted molar refractivity (Wildman–Crippen MR) is 83.4 cm³/mol. The second-order valence-electron chi connectivity index (χ2n) is 4.85. The minimum absolute atomic E-state index is 0.200. The minimum atomic E-state index is -0.899. The Morgan fingerprint density at radius 1 is 1.04 bits per heavy atom. The first-order chi connectivity index (χ1) is 10.8. The van der Waals surface area contributed by atoms with Crippen LogP contribution in [0.4, 0.5) is 14.5 Å². The first-order valence-electron chi connectivity index (χ1n) is 6.68. The average molecular weight is 339 g/mol. The summed E-state index contributed by atoms with van der Waals surface area (Å²) < 4.78 is 26.2. The fourth-order valence-corrected chi connectivity index (χ4v) is 1.94. The average Bonchev–Trinajstić information content (AvgIpc) is 2.48. The Morgan fingerprint density at radius 3 is 2.17 bits per heavy atom. The monoisotopic (exact) mass is 338 g/mol. The maximum absolute atomic E-state index is 13.1. The number of nitrogens with one attached hydrogen (secondary N) is 2. The van der Waals surface area contributed by atoms with Gasteiger partial charge in [0.1, 0.15) is 17.7 Å². The van der Waals surface area contributed by atoms with Crippen LogP contribution in [-0.2, 0) is 4.79 Å². The van der Waals surface area contributed by atoms with Crippen LogP contribution in [0.15, 0.2) is 42.5 Å². The third-order valence-electron chi connectivity index (χ3n) is 2.98. The molecule has 4 nitrogen and oxygen atoms in total. The number of rotatable bonds is 4. The SMILES string of the molecule is CC(NC(=O)c1cc(F)cc(F)c1)C(=O)Nc1ccc(Cl)cc1. The van der Waals surface area contributed by atoms with Crippen molar-refractivity contribution in [1.82, 2.24) is 5.32 Å². The highest BCUT2D eigenvalue weighted by Gasteiger charge is 2.17. The predicted octanol–water partition coefficient (Wildman–Crippen LogP) is 3.38. The highest BCUT2D eigenvalue weighted by Crippen LogP contribution is 2.13. The highest BCUT2D eigenvalue weighted by molar-refractivity contribution is 6.30. The van der Waals surface area contributed by atoms with Crippen molar-refractivity contribution in [2.24, 2.45) is 0 Å². The van der Waals surface area contributed by atoms with E-state index in [0.717, 1.165) is 12.1 Å². The number of benzene rings is 2. The number of anilines is 1. The molecule has 0 aromatic heterocycles. The summed E-state index contributed by atoms with van der Waals surface area (Å²) in [5.74, 6) is -2.96. The van der Waals surface area contributed by atoms with Gasteiger partial charge in [-0.05, 0) is 43.3 Å². The minimum Gasteiger partial charge on any atom is -0.341 e. The van der Waals surface area contributed by atoms with E-state index >= 15 is 0 Å². The molecule has 2 aromatic rings. The Morgan fingerprint density at radius 2 is 1.61 bits per heavy atom. The van der Waals surface area contributed by atoms with Gasteiger partial charge in [0.15, 0.2) is 0 Å². The van der Waals surface area contributed by atoms with Crippen molar-refractivity contribution in [2.45, 2.75) is 13.0 Å². The van der Waals surface area contributed by atoms with Crippen molar-refractivity contribution >= 4 is 29.1 Å². The Bertz CT molecular complexity index is 715. The molecule has 120 valence electrons. The molecule has 2 aromatic carbocycles. The van der Waals surface area contributed by atoms with Gasteiger partial charge in [-0.1, -0.05) is 11.6 Å². The number of halogens is 3. The van der Waals surface area contributed by atoms with Crippen LogP contribution in [0.3, 0.4) is 0 Å². The lowest BCUT2D eigenvalue weighted by molar-refractivity contribution is -0.117. The zero-order valence-corrected chi connectivity index (χ0v) is 12.8. The van der Waals surface area contributed by atoms with Gasteiger partial charge in [-0.3, -0.25) is 9.59 Å². The molecule has 0 fully saturated rings. The smallest absolute Gasteiger partial charge is 0.252 e. The van der Waals surface area contributed by atoms with E-state index in [1.807, 2.05) is 0 Å². The second kappa shape index (κ2) is 7.19. The van der Waals surface area contributed by atoms with Crippen LogP contribution in [0.2, 0.25) is 5.02 Å². The molecule has 0 spiro atoms. The summed E-state index contributed by atoms with van der Waals surface area (Å²) in [7, 11) is 0. The normalized spacial score (nSPS) is 11.7. The number of amides is 2. The maximum atomic E-state index is 13.1. The van der Waals surface area contributed by atoms with Crippen molar-refractivity contribution in [1.29, 1.82) is 0 Å². The van der Waals surface area contributed by atoms with Crippen molar-refractivity contribution < 1.29 is 18.4 Å². The molecule has 1 atom stereocenters. The summed E-state index contributed by atoms with van der Waals surface area (Å²) in [4.78, 5) is 23.9. The number of hydrogen-bond donors (Lipinski definition) is 2. The molecule has 0 radical (unpaired) electrons. The Kier molecular flexibility index (Phi) is 5.28. The molecule has 0 saturated heterocycles. The quantitative estimate of drug-likeness (QED) is 0.898. The zero-order valence-electron chi connectivity index (χ0n) is 12.1. The lowest BCUT2D eigenvalue weighted by atomic mass is 10.2. The highest BCUT2D eigenvalue weighted by atomic mass is 35.5. The molecule has 0 aliphatic carbocycles. The Balaban J connectivity index is 1.99. The molecule has 2 rings (SSSR count). The van der Waals surface area contributed by atoms with Gasteiger partial charge >= 0.3 is 0 Å². The van der Waals surface area contributed by atoms with Crippen molar-refractivity contribution in [2.75, 3.05) is 5.32 Å². The number of carbonyl (C=O) groups excluding carboxylic acids is 2. The van der Waals surface area contributed by atoms with Crippen LogP contribution in [0, 0.1) is 11.6 Å². The van der Waals surface area contributed by atoms with E-state index in [2.05, 4.69) is 10.6 Å². The van der Waals surface area contributed by atoms with E-state index in [1.54, 1.807) is 24.3 Å². The van der Waals surface area contributed by atoms with Gasteiger partial charge in [-0.2, -0.15) is 0 Å². The van der Waals surface area contributed by atoms with E-state index in [1.165, 1.54) is 6.92 Å². The molecule has 0 bridgehead atoms. The van der Waals surface area contributed by atoms with E-state index in [-0.39, 0.29) is 5.56 Å². The third-order valence-corrected chi connectivity index (χ3v) is 3.23. The molecular formula is C16H13ClF2N2O2. The Hall–Kier alpha value is -2.47. The number of hydrogen-bond acceptors (Lipinski definition) is 2. The van der Waals surface area contributed by atoms with Gasteiger partial charge in [-0.15, -0.1) is 0 Å². The van der Waals surface area contributed by atoms with Gasteiger partial charge in [0.2, 0.25) is 5.91 Å². The van der Waals surface area contributed by atoms with Gasteiger partial charge < -0.3 is 10.6 Å². The summed E-state index contributed by atoms with van der Waals surface area (Å²) in [6.07, 6.45) is 0. The van der Waals surface area contributed by atoms with E-state index in [0.29, 0.717) is 16.8 Å². The molecule has 2 N–H and O–H groups in total.